The fourth-order valence-electron chi connectivity index (χ4n) is 1.99. The summed E-state index contributed by atoms with van der Waals surface area (Å²) in [4.78, 5) is 8.78. The average molecular weight is 339 g/mol. The van der Waals surface area contributed by atoms with Gasteiger partial charge >= 0.3 is 0 Å². The lowest BCUT2D eigenvalue weighted by Gasteiger charge is -2.06. The molecule has 1 heterocycles. The van der Waals surface area contributed by atoms with Gasteiger partial charge in [0, 0.05) is 21.7 Å². The quantitative estimate of drug-likeness (QED) is 0.777. The normalized spacial score (nSPS) is 10.3. The van der Waals surface area contributed by atoms with Gasteiger partial charge in [-0.15, -0.1) is 0 Å². The van der Waals surface area contributed by atoms with Gasteiger partial charge in [-0.3, -0.25) is 0 Å². The maximum Gasteiger partial charge on any atom is 0.227 e. The summed E-state index contributed by atoms with van der Waals surface area (Å²) in [5, 5.41) is 12.8. The number of halogens is 1. The van der Waals surface area contributed by atoms with Crippen molar-refractivity contribution in [2.45, 2.75) is 6.42 Å². The number of rotatable bonds is 3. The summed E-state index contributed by atoms with van der Waals surface area (Å²) in [6.07, 6.45) is 2.21. The van der Waals surface area contributed by atoms with E-state index in [0.29, 0.717) is 12.4 Å². The molecule has 1 N–H and O–H groups in total. The Bertz CT molecular complexity index is 822. The first-order chi connectivity index (χ1) is 10.2. The molecule has 102 valence electrons. The van der Waals surface area contributed by atoms with Crippen LogP contribution < -0.4 is 5.32 Å². The summed E-state index contributed by atoms with van der Waals surface area (Å²) in [6, 6.07) is 15.7. The van der Waals surface area contributed by atoms with Crippen molar-refractivity contribution < 1.29 is 0 Å². The number of nitrogens with zero attached hydrogens (tertiary/aromatic N) is 3. The highest BCUT2D eigenvalue weighted by Crippen LogP contribution is 2.20. The third-order valence-electron chi connectivity index (χ3n) is 3.04. The maximum atomic E-state index is 8.66. The van der Waals surface area contributed by atoms with Crippen LogP contribution in [0, 0.1) is 11.3 Å². The van der Waals surface area contributed by atoms with Crippen LogP contribution in [0.1, 0.15) is 5.56 Å². The van der Waals surface area contributed by atoms with Gasteiger partial charge in [0.15, 0.2) is 0 Å². The molecule has 0 amide bonds. The molecule has 0 saturated heterocycles. The molecule has 0 aliphatic heterocycles. The van der Waals surface area contributed by atoms with Crippen LogP contribution in [0.25, 0.3) is 10.9 Å². The molecule has 0 aliphatic rings. The number of hydrogen-bond acceptors (Lipinski definition) is 4. The predicted octanol–water partition coefficient (Wildman–Crippen LogP) is 4.20. The number of hydrogen-bond donors (Lipinski definition) is 1. The van der Waals surface area contributed by atoms with Gasteiger partial charge in [-0.05, 0) is 35.9 Å². The van der Waals surface area contributed by atoms with E-state index in [1.165, 1.54) is 0 Å². The molecule has 0 fully saturated rings. The fraction of sp³-hybridized carbons (Fsp3) is 0.0625. The molecule has 21 heavy (non-hydrogen) atoms. The minimum Gasteiger partial charge on any atom is -0.324 e. The number of anilines is 2. The summed E-state index contributed by atoms with van der Waals surface area (Å²) < 4.78 is 1.01. The van der Waals surface area contributed by atoms with Crippen LogP contribution in [0.15, 0.2) is 53.1 Å². The van der Waals surface area contributed by atoms with Crippen LogP contribution in [0.5, 0.6) is 0 Å². The minimum atomic E-state index is 0.418. The topological polar surface area (TPSA) is 61.6 Å². The first-order valence-electron chi connectivity index (χ1n) is 6.40. The third-order valence-corrected chi connectivity index (χ3v) is 3.53. The van der Waals surface area contributed by atoms with E-state index in [1.807, 2.05) is 42.5 Å². The second-order valence-electron chi connectivity index (χ2n) is 4.55. The molecular formula is C16H11BrN4. The van der Waals surface area contributed by atoms with Crippen molar-refractivity contribution in [1.82, 2.24) is 9.97 Å². The molecule has 2 aromatic carbocycles. The van der Waals surface area contributed by atoms with Crippen molar-refractivity contribution in [2.24, 2.45) is 0 Å². The van der Waals surface area contributed by atoms with Crippen LogP contribution in [0.2, 0.25) is 0 Å². The van der Waals surface area contributed by atoms with Crippen molar-refractivity contribution in [2.75, 3.05) is 5.32 Å². The first-order valence-corrected chi connectivity index (χ1v) is 7.19. The maximum absolute atomic E-state index is 8.66. The van der Waals surface area contributed by atoms with Crippen LogP contribution in [0.4, 0.5) is 11.6 Å². The van der Waals surface area contributed by atoms with Crippen molar-refractivity contribution in [3.05, 3.63) is 58.7 Å². The molecule has 0 radical (unpaired) electrons. The first kappa shape index (κ1) is 13.5. The zero-order valence-corrected chi connectivity index (χ0v) is 12.6. The Balaban J connectivity index is 1.84. The van der Waals surface area contributed by atoms with Gasteiger partial charge in [0.05, 0.1) is 18.0 Å². The van der Waals surface area contributed by atoms with Gasteiger partial charge in [0.25, 0.3) is 0 Å². The Morgan fingerprint density at radius 2 is 1.95 bits per heavy atom. The Kier molecular flexibility index (Phi) is 3.80. The van der Waals surface area contributed by atoms with Gasteiger partial charge in [0.1, 0.15) is 0 Å². The van der Waals surface area contributed by atoms with Crippen molar-refractivity contribution in [3.63, 3.8) is 0 Å². The van der Waals surface area contributed by atoms with Gasteiger partial charge in [-0.25, -0.2) is 9.97 Å². The number of aromatic nitrogens is 2. The summed E-state index contributed by atoms with van der Waals surface area (Å²) in [5.74, 6) is 0.554. The van der Waals surface area contributed by atoms with E-state index in [1.54, 1.807) is 6.20 Å². The van der Waals surface area contributed by atoms with E-state index in [2.05, 4.69) is 37.3 Å². The summed E-state index contributed by atoms with van der Waals surface area (Å²) in [5.41, 5.74) is 2.78. The molecule has 0 saturated carbocycles. The monoisotopic (exact) mass is 338 g/mol. The summed E-state index contributed by atoms with van der Waals surface area (Å²) >= 11 is 3.43. The van der Waals surface area contributed by atoms with Crippen molar-refractivity contribution in [1.29, 1.82) is 5.26 Å². The Labute approximate surface area is 130 Å². The minimum absolute atomic E-state index is 0.418. The molecule has 0 aliphatic carbocycles. The molecule has 1 aromatic heterocycles. The molecule has 0 atom stereocenters. The largest absolute Gasteiger partial charge is 0.324 e. The second kappa shape index (κ2) is 5.90. The highest BCUT2D eigenvalue weighted by molar-refractivity contribution is 9.10. The molecule has 0 spiro atoms. The molecular weight excluding hydrogens is 328 g/mol. The third kappa shape index (κ3) is 3.18. The lowest BCUT2D eigenvalue weighted by atomic mass is 10.1. The lowest BCUT2D eigenvalue weighted by molar-refractivity contribution is 1.21. The smallest absolute Gasteiger partial charge is 0.227 e. The van der Waals surface area contributed by atoms with Crippen molar-refractivity contribution >= 4 is 38.5 Å². The van der Waals surface area contributed by atoms with E-state index in [9.17, 15) is 0 Å². The van der Waals surface area contributed by atoms with Crippen molar-refractivity contribution in [3.8, 4) is 6.07 Å². The standard InChI is InChI=1S/C16H11BrN4/c17-13-3-6-15-12(9-13)10-19-16(21-15)20-14-4-1-11(2-5-14)7-8-18/h1-6,9-10H,7H2,(H,19,20,21). The van der Waals surface area contributed by atoms with E-state index in [-0.39, 0.29) is 0 Å². The fourth-order valence-corrected chi connectivity index (χ4v) is 2.37. The number of nitrogens with one attached hydrogen (secondary N) is 1. The Hall–Kier alpha value is -2.45. The van der Waals surface area contributed by atoms with Crippen LogP contribution in [-0.4, -0.2) is 9.97 Å². The van der Waals surface area contributed by atoms with Gasteiger partial charge in [-0.2, -0.15) is 5.26 Å². The number of benzene rings is 2. The highest BCUT2D eigenvalue weighted by Gasteiger charge is 2.01. The van der Waals surface area contributed by atoms with Crippen LogP contribution in [0.3, 0.4) is 0 Å². The molecule has 3 aromatic rings. The number of nitriles is 1. The Morgan fingerprint density at radius 3 is 2.71 bits per heavy atom. The second-order valence-corrected chi connectivity index (χ2v) is 5.47. The molecule has 3 rings (SSSR count). The molecule has 0 bridgehead atoms. The zero-order valence-electron chi connectivity index (χ0n) is 11.0. The highest BCUT2D eigenvalue weighted by atomic mass is 79.9. The van der Waals surface area contributed by atoms with Gasteiger partial charge in [-0.1, -0.05) is 28.1 Å². The van der Waals surface area contributed by atoms with E-state index in [4.69, 9.17) is 5.26 Å². The summed E-state index contributed by atoms with van der Waals surface area (Å²) in [7, 11) is 0. The SMILES string of the molecule is N#CCc1ccc(Nc2ncc3cc(Br)ccc3n2)cc1. The Morgan fingerprint density at radius 1 is 1.14 bits per heavy atom. The zero-order chi connectivity index (χ0) is 14.7. The lowest BCUT2D eigenvalue weighted by Crippen LogP contribution is -1.97. The van der Waals surface area contributed by atoms with Crippen LogP contribution in [-0.2, 0) is 6.42 Å². The van der Waals surface area contributed by atoms with Gasteiger partial charge in [0.2, 0.25) is 5.95 Å². The summed E-state index contributed by atoms with van der Waals surface area (Å²) in [6.45, 7) is 0. The van der Waals surface area contributed by atoms with Crippen LogP contribution >= 0.6 is 15.9 Å². The molecule has 4 nitrogen and oxygen atoms in total. The van der Waals surface area contributed by atoms with E-state index in [0.717, 1.165) is 26.6 Å². The average Bonchev–Trinajstić information content (AvgIpc) is 2.50. The molecule has 0 unspecified atom stereocenters. The molecule has 5 heteroatoms. The number of fused-ring (bicyclic) bond motifs is 1. The van der Waals surface area contributed by atoms with E-state index >= 15 is 0 Å². The van der Waals surface area contributed by atoms with Gasteiger partial charge < -0.3 is 5.32 Å². The van der Waals surface area contributed by atoms with E-state index < -0.39 is 0 Å². The predicted molar refractivity (Wildman–Crippen MR) is 86.3 cm³/mol.